The Bertz CT molecular complexity index is 897. The second kappa shape index (κ2) is 7.07. The molecule has 4 aliphatic carbocycles. The highest BCUT2D eigenvalue weighted by Crippen LogP contribution is 2.66. The van der Waals surface area contributed by atoms with Crippen molar-refractivity contribution in [1.29, 1.82) is 0 Å². The lowest BCUT2D eigenvalue weighted by Crippen LogP contribution is -2.51. The van der Waals surface area contributed by atoms with E-state index in [-0.39, 0.29) is 16.7 Å². The molecule has 0 unspecified atom stereocenters. The number of hydrogen-bond donors (Lipinski definition) is 0. The second-order valence-corrected chi connectivity index (χ2v) is 10.7. The Kier molecular flexibility index (Phi) is 4.72. The Hall–Kier alpha value is -1.90. The summed E-state index contributed by atoms with van der Waals surface area (Å²) in [5, 5.41) is 0. The number of methoxy groups -OCH3 is 1. The summed E-state index contributed by atoms with van der Waals surface area (Å²) in [5.74, 6) is 3.60. The molecule has 3 heteroatoms. The average Bonchev–Trinajstić information content (AvgIpc) is 3.11. The van der Waals surface area contributed by atoms with Crippen LogP contribution in [0.4, 0.5) is 0 Å². The highest BCUT2D eigenvalue weighted by Gasteiger charge is 2.60. The fourth-order valence-corrected chi connectivity index (χ4v) is 7.95. The van der Waals surface area contributed by atoms with Gasteiger partial charge in [0, 0.05) is 17.9 Å². The maximum absolute atomic E-state index is 13.5. The van der Waals surface area contributed by atoms with Gasteiger partial charge in [-0.3, -0.25) is 9.59 Å². The van der Waals surface area contributed by atoms with E-state index in [0.717, 1.165) is 37.0 Å². The van der Waals surface area contributed by atoms with Crippen LogP contribution in [0.5, 0.6) is 5.75 Å². The lowest BCUT2D eigenvalue weighted by atomic mass is 9.46. The number of hydrogen-bond acceptors (Lipinski definition) is 3. The number of carbonyl (C=O) groups is 2. The normalized spacial score (nSPS) is 40.1. The van der Waals surface area contributed by atoms with E-state index in [1.807, 2.05) is 30.3 Å². The highest BCUT2D eigenvalue weighted by molar-refractivity contribution is 5.98. The van der Waals surface area contributed by atoms with Gasteiger partial charge in [0.1, 0.15) is 5.75 Å². The summed E-state index contributed by atoms with van der Waals surface area (Å²) in [6.45, 7) is 4.84. The summed E-state index contributed by atoms with van der Waals surface area (Å²) in [4.78, 5) is 25.5. The maximum atomic E-state index is 13.5. The van der Waals surface area contributed by atoms with E-state index in [0.29, 0.717) is 35.7 Å². The van der Waals surface area contributed by atoms with Gasteiger partial charge in [0.05, 0.1) is 7.11 Å². The van der Waals surface area contributed by atoms with Crippen LogP contribution in [0.3, 0.4) is 0 Å². The Balaban J connectivity index is 1.41. The van der Waals surface area contributed by atoms with Crippen molar-refractivity contribution in [2.45, 2.75) is 65.2 Å². The molecule has 5 rings (SSSR count). The van der Waals surface area contributed by atoms with E-state index >= 15 is 0 Å². The summed E-state index contributed by atoms with van der Waals surface area (Å²) < 4.78 is 5.26. The van der Waals surface area contributed by atoms with Gasteiger partial charge in [0.15, 0.2) is 11.6 Å². The molecule has 0 aliphatic heterocycles. The lowest BCUT2D eigenvalue weighted by Gasteiger charge is -2.58. The van der Waals surface area contributed by atoms with Gasteiger partial charge < -0.3 is 4.74 Å². The quantitative estimate of drug-likeness (QED) is 0.576. The Labute approximate surface area is 180 Å². The van der Waals surface area contributed by atoms with Gasteiger partial charge in [-0.2, -0.15) is 0 Å². The van der Waals surface area contributed by atoms with Crippen LogP contribution >= 0.6 is 0 Å². The number of ether oxygens (including phenoxy) is 1. The van der Waals surface area contributed by atoms with Crippen LogP contribution < -0.4 is 4.74 Å². The smallest absolute Gasteiger partial charge is 0.166 e. The maximum Gasteiger partial charge on any atom is 0.166 e. The molecule has 3 saturated carbocycles. The molecule has 1 aromatic rings. The minimum atomic E-state index is 0.111. The largest absolute Gasteiger partial charge is 0.497 e. The molecular formula is C27H34O3. The molecule has 6 atom stereocenters. The lowest BCUT2D eigenvalue weighted by molar-refractivity contribution is -0.117. The molecule has 0 aromatic heterocycles. The van der Waals surface area contributed by atoms with Crippen LogP contribution in [-0.2, 0) is 4.79 Å². The third-order valence-corrected chi connectivity index (χ3v) is 9.65. The summed E-state index contributed by atoms with van der Waals surface area (Å²) in [5.41, 5.74) is 2.57. The summed E-state index contributed by atoms with van der Waals surface area (Å²) >= 11 is 0. The number of carbonyl (C=O) groups excluding carboxylic acids is 2. The number of ketones is 2. The van der Waals surface area contributed by atoms with Gasteiger partial charge in [-0.25, -0.2) is 0 Å². The fourth-order valence-electron chi connectivity index (χ4n) is 7.95. The first kappa shape index (κ1) is 20.0. The number of rotatable bonds is 3. The number of allylic oxidation sites excluding steroid dienone is 1. The Morgan fingerprint density at radius 2 is 1.73 bits per heavy atom. The Morgan fingerprint density at radius 1 is 0.967 bits per heavy atom. The van der Waals surface area contributed by atoms with Crippen molar-refractivity contribution in [2.75, 3.05) is 7.11 Å². The molecule has 0 saturated heterocycles. The molecule has 0 spiro atoms. The zero-order valence-electron chi connectivity index (χ0n) is 18.6. The number of Topliss-reactive ketones (excluding diaryl/α,β-unsaturated/α-hetero) is 1. The van der Waals surface area contributed by atoms with Crippen LogP contribution in [0.15, 0.2) is 35.9 Å². The molecule has 0 amide bonds. The standard InChI is InChI=1S/C27H34O3/c1-26-14-12-19(28)16-18(26)6-9-21-22-10-11-24(27(22,2)15-13-23(21)26)25(29)17-4-7-20(30-3)8-5-17/h4-5,7-8,16,21-24H,6,9-15H2,1-3H3/t21-,22-,23-,24+,26-,27-/m0/s1. The van der Waals surface area contributed by atoms with Crippen molar-refractivity contribution >= 4 is 11.6 Å². The van der Waals surface area contributed by atoms with Crippen LogP contribution in [0.1, 0.15) is 75.6 Å². The summed E-state index contributed by atoms with van der Waals surface area (Å²) in [6.07, 6.45) is 10.5. The van der Waals surface area contributed by atoms with Crippen molar-refractivity contribution in [3.63, 3.8) is 0 Å². The summed E-state index contributed by atoms with van der Waals surface area (Å²) in [6, 6.07) is 7.67. The molecule has 30 heavy (non-hydrogen) atoms. The van der Waals surface area contributed by atoms with Crippen LogP contribution in [0.2, 0.25) is 0 Å². The predicted octanol–water partition coefficient (Wildman–Crippen LogP) is 6.03. The minimum Gasteiger partial charge on any atom is -0.497 e. The van der Waals surface area contributed by atoms with Gasteiger partial charge in [0.2, 0.25) is 0 Å². The molecule has 0 bridgehead atoms. The third-order valence-electron chi connectivity index (χ3n) is 9.65. The molecule has 160 valence electrons. The molecule has 1 aromatic carbocycles. The molecular weight excluding hydrogens is 372 g/mol. The molecule has 3 fully saturated rings. The van der Waals surface area contributed by atoms with Crippen molar-refractivity contribution in [3.8, 4) is 5.75 Å². The zero-order chi connectivity index (χ0) is 21.1. The van der Waals surface area contributed by atoms with E-state index < -0.39 is 0 Å². The van der Waals surface area contributed by atoms with E-state index in [1.54, 1.807) is 7.11 Å². The SMILES string of the molecule is COc1ccc(C(=O)[C@H]2CC[C@H]3[C@@H]4CCC5=CC(=O)CC[C@]5(C)[C@H]4CC[C@]23C)cc1. The first-order chi connectivity index (χ1) is 14.4. The highest BCUT2D eigenvalue weighted by atomic mass is 16.5. The van der Waals surface area contributed by atoms with Crippen molar-refractivity contribution in [2.24, 2.45) is 34.5 Å². The van der Waals surface area contributed by atoms with Gasteiger partial charge in [-0.15, -0.1) is 0 Å². The average molecular weight is 407 g/mol. The van der Waals surface area contributed by atoms with Crippen molar-refractivity contribution in [1.82, 2.24) is 0 Å². The Morgan fingerprint density at radius 3 is 2.47 bits per heavy atom. The monoisotopic (exact) mass is 406 g/mol. The van der Waals surface area contributed by atoms with Crippen LogP contribution in [0.25, 0.3) is 0 Å². The molecule has 0 radical (unpaired) electrons. The molecule has 4 aliphatic rings. The van der Waals surface area contributed by atoms with Gasteiger partial charge in [-0.05, 0) is 104 Å². The van der Waals surface area contributed by atoms with Crippen molar-refractivity contribution < 1.29 is 14.3 Å². The zero-order valence-corrected chi connectivity index (χ0v) is 18.6. The van der Waals surface area contributed by atoms with E-state index in [1.165, 1.54) is 24.8 Å². The van der Waals surface area contributed by atoms with E-state index in [2.05, 4.69) is 13.8 Å². The van der Waals surface area contributed by atoms with E-state index in [4.69, 9.17) is 4.74 Å². The van der Waals surface area contributed by atoms with Gasteiger partial charge in [-0.1, -0.05) is 19.4 Å². The van der Waals surface area contributed by atoms with Crippen LogP contribution in [0, 0.1) is 34.5 Å². The first-order valence-electron chi connectivity index (χ1n) is 11.8. The predicted molar refractivity (Wildman–Crippen MR) is 118 cm³/mol. The fraction of sp³-hybridized carbons (Fsp3) is 0.630. The van der Waals surface area contributed by atoms with E-state index in [9.17, 15) is 9.59 Å². The topological polar surface area (TPSA) is 43.4 Å². The van der Waals surface area contributed by atoms with Gasteiger partial charge >= 0.3 is 0 Å². The third kappa shape index (κ3) is 2.84. The second-order valence-electron chi connectivity index (χ2n) is 10.7. The number of fused-ring (bicyclic) bond motifs is 5. The summed E-state index contributed by atoms with van der Waals surface area (Å²) in [7, 11) is 1.66. The van der Waals surface area contributed by atoms with Gasteiger partial charge in [0.25, 0.3) is 0 Å². The minimum absolute atomic E-state index is 0.111. The first-order valence-corrected chi connectivity index (χ1v) is 11.8. The van der Waals surface area contributed by atoms with Crippen molar-refractivity contribution in [3.05, 3.63) is 41.5 Å². The number of benzene rings is 1. The molecule has 3 nitrogen and oxygen atoms in total. The molecule has 0 N–H and O–H groups in total. The van der Waals surface area contributed by atoms with Crippen LogP contribution in [-0.4, -0.2) is 18.7 Å². The molecule has 0 heterocycles.